The minimum atomic E-state index is 0.632. The van der Waals surface area contributed by atoms with Gasteiger partial charge in [-0.1, -0.05) is 0 Å². The van der Waals surface area contributed by atoms with E-state index in [-0.39, 0.29) is 0 Å². The van der Waals surface area contributed by atoms with E-state index in [1.807, 2.05) is 23.0 Å². The van der Waals surface area contributed by atoms with E-state index >= 15 is 0 Å². The van der Waals surface area contributed by atoms with Crippen molar-refractivity contribution < 1.29 is 0 Å². The lowest BCUT2D eigenvalue weighted by atomic mass is 10.1. The van der Waals surface area contributed by atoms with Crippen molar-refractivity contribution in [2.75, 3.05) is 6.54 Å². The summed E-state index contributed by atoms with van der Waals surface area (Å²) in [5.74, 6) is 0. The Hall–Kier alpha value is -1.26. The fourth-order valence-electron chi connectivity index (χ4n) is 1.28. The summed E-state index contributed by atoms with van der Waals surface area (Å²) >= 11 is 1.60. The van der Waals surface area contributed by atoms with E-state index < -0.39 is 0 Å². The fourth-order valence-corrected chi connectivity index (χ4v) is 1.84. The van der Waals surface area contributed by atoms with Gasteiger partial charge in [0, 0.05) is 29.3 Å². The maximum absolute atomic E-state index is 5.48. The van der Waals surface area contributed by atoms with Crippen LogP contribution in [0.2, 0.25) is 0 Å². The highest BCUT2D eigenvalue weighted by atomic mass is 32.1. The van der Waals surface area contributed by atoms with Crippen molar-refractivity contribution in [3.63, 3.8) is 0 Å². The number of rotatable bonds is 3. The highest BCUT2D eigenvalue weighted by Crippen LogP contribution is 2.18. The Morgan fingerprint density at radius 3 is 3.00 bits per heavy atom. The molecule has 3 nitrogen and oxygen atoms in total. The maximum Gasteiger partial charge on any atom is 0.0812 e. The van der Waals surface area contributed by atoms with Crippen LogP contribution in [0.5, 0.6) is 0 Å². The van der Waals surface area contributed by atoms with Gasteiger partial charge in [-0.2, -0.15) is 0 Å². The Labute approximate surface area is 86.6 Å². The number of aromatic nitrogens is 2. The van der Waals surface area contributed by atoms with E-state index in [1.165, 1.54) is 0 Å². The molecule has 0 radical (unpaired) electrons. The summed E-state index contributed by atoms with van der Waals surface area (Å²) in [5, 5.41) is 2.03. The summed E-state index contributed by atoms with van der Waals surface area (Å²) in [4.78, 5) is 8.48. The van der Waals surface area contributed by atoms with Crippen molar-refractivity contribution in [1.82, 2.24) is 9.97 Å². The molecule has 0 aromatic carbocycles. The van der Waals surface area contributed by atoms with Crippen molar-refractivity contribution in [2.45, 2.75) is 6.42 Å². The molecule has 4 heteroatoms. The van der Waals surface area contributed by atoms with E-state index in [9.17, 15) is 0 Å². The van der Waals surface area contributed by atoms with E-state index in [1.54, 1.807) is 17.5 Å². The predicted molar refractivity (Wildman–Crippen MR) is 58.1 cm³/mol. The summed E-state index contributed by atoms with van der Waals surface area (Å²) in [7, 11) is 0. The lowest BCUT2D eigenvalue weighted by Crippen LogP contribution is -2.04. The van der Waals surface area contributed by atoms with Crippen molar-refractivity contribution in [1.29, 1.82) is 0 Å². The molecule has 2 rings (SSSR count). The molecule has 0 aliphatic heterocycles. The van der Waals surface area contributed by atoms with Crippen LogP contribution in [-0.2, 0) is 6.42 Å². The summed E-state index contributed by atoms with van der Waals surface area (Å²) in [6, 6.07) is 4.01. The Morgan fingerprint density at radius 2 is 2.29 bits per heavy atom. The molecule has 0 aliphatic rings. The first kappa shape index (κ1) is 9.30. The van der Waals surface area contributed by atoms with Gasteiger partial charge in [-0.05, 0) is 18.7 Å². The van der Waals surface area contributed by atoms with Crippen molar-refractivity contribution in [2.24, 2.45) is 5.73 Å². The van der Waals surface area contributed by atoms with E-state index in [4.69, 9.17) is 5.73 Å². The van der Waals surface area contributed by atoms with E-state index in [0.29, 0.717) is 6.54 Å². The van der Waals surface area contributed by atoms with Gasteiger partial charge in [0.05, 0.1) is 11.2 Å². The molecule has 0 saturated heterocycles. The summed E-state index contributed by atoms with van der Waals surface area (Å²) in [5.41, 5.74) is 10.5. The van der Waals surface area contributed by atoms with E-state index in [0.717, 1.165) is 23.4 Å². The molecule has 2 aromatic rings. The number of nitrogens with two attached hydrogens (primary N) is 1. The van der Waals surface area contributed by atoms with Gasteiger partial charge in [0.2, 0.25) is 0 Å². The third kappa shape index (κ3) is 1.97. The van der Waals surface area contributed by atoms with Gasteiger partial charge in [0.1, 0.15) is 0 Å². The molecule has 0 atom stereocenters. The SMILES string of the molecule is NCCc1cc(-c2cscn2)ccn1. The Kier molecular flexibility index (Phi) is 2.86. The average Bonchev–Trinajstić information content (AvgIpc) is 2.71. The van der Waals surface area contributed by atoms with E-state index in [2.05, 4.69) is 9.97 Å². The minimum absolute atomic E-state index is 0.632. The molecule has 0 fully saturated rings. The normalized spacial score (nSPS) is 10.4. The smallest absolute Gasteiger partial charge is 0.0812 e. The molecular formula is C10H11N3S. The summed E-state index contributed by atoms with van der Waals surface area (Å²) < 4.78 is 0. The number of hydrogen-bond donors (Lipinski definition) is 1. The molecule has 2 aromatic heterocycles. The quantitative estimate of drug-likeness (QED) is 0.829. The largest absolute Gasteiger partial charge is 0.330 e. The molecule has 72 valence electrons. The zero-order chi connectivity index (χ0) is 9.80. The second-order valence-electron chi connectivity index (χ2n) is 2.95. The summed E-state index contributed by atoms with van der Waals surface area (Å²) in [6.07, 6.45) is 2.62. The van der Waals surface area contributed by atoms with Gasteiger partial charge in [-0.15, -0.1) is 11.3 Å². The van der Waals surface area contributed by atoms with Gasteiger partial charge in [0.25, 0.3) is 0 Å². The average molecular weight is 205 g/mol. The number of thiazole rings is 1. The number of pyridine rings is 1. The molecule has 0 saturated carbocycles. The Bertz CT molecular complexity index is 398. The predicted octanol–water partition coefficient (Wildman–Crippen LogP) is 1.71. The first-order valence-electron chi connectivity index (χ1n) is 4.43. The second kappa shape index (κ2) is 4.30. The van der Waals surface area contributed by atoms with Crippen LogP contribution in [0.25, 0.3) is 11.3 Å². The summed E-state index contributed by atoms with van der Waals surface area (Å²) in [6.45, 7) is 0.632. The van der Waals surface area contributed by atoms with Crippen LogP contribution in [0.4, 0.5) is 0 Å². The molecule has 2 N–H and O–H groups in total. The van der Waals surface area contributed by atoms with Gasteiger partial charge in [-0.25, -0.2) is 4.98 Å². The van der Waals surface area contributed by atoms with Crippen LogP contribution in [0.15, 0.2) is 29.2 Å². The molecule has 0 amide bonds. The number of nitrogens with zero attached hydrogens (tertiary/aromatic N) is 2. The Morgan fingerprint density at radius 1 is 1.36 bits per heavy atom. The molecule has 0 unspecified atom stereocenters. The minimum Gasteiger partial charge on any atom is -0.330 e. The van der Waals surface area contributed by atoms with Crippen LogP contribution in [0.1, 0.15) is 5.69 Å². The monoisotopic (exact) mass is 205 g/mol. The first-order valence-corrected chi connectivity index (χ1v) is 5.38. The second-order valence-corrected chi connectivity index (χ2v) is 3.67. The van der Waals surface area contributed by atoms with Crippen LogP contribution < -0.4 is 5.73 Å². The van der Waals surface area contributed by atoms with Gasteiger partial charge in [0.15, 0.2) is 0 Å². The molecule has 0 aliphatic carbocycles. The molecule has 0 bridgehead atoms. The molecule has 0 spiro atoms. The topological polar surface area (TPSA) is 51.8 Å². The maximum atomic E-state index is 5.48. The third-order valence-corrected chi connectivity index (χ3v) is 2.53. The van der Waals surface area contributed by atoms with Gasteiger partial charge >= 0.3 is 0 Å². The number of hydrogen-bond acceptors (Lipinski definition) is 4. The highest BCUT2D eigenvalue weighted by Gasteiger charge is 2.00. The zero-order valence-electron chi connectivity index (χ0n) is 7.68. The van der Waals surface area contributed by atoms with Crippen LogP contribution in [0, 0.1) is 0 Å². The highest BCUT2D eigenvalue weighted by molar-refractivity contribution is 7.07. The van der Waals surface area contributed by atoms with Crippen LogP contribution in [0.3, 0.4) is 0 Å². The zero-order valence-corrected chi connectivity index (χ0v) is 8.50. The lowest BCUT2D eigenvalue weighted by molar-refractivity contribution is 0.923. The molecule has 14 heavy (non-hydrogen) atoms. The first-order chi connectivity index (χ1) is 6.90. The van der Waals surface area contributed by atoms with Gasteiger partial charge < -0.3 is 5.73 Å². The lowest BCUT2D eigenvalue weighted by Gasteiger charge is -2.00. The molecule has 2 heterocycles. The third-order valence-electron chi connectivity index (χ3n) is 1.95. The Balaban J connectivity index is 2.31. The van der Waals surface area contributed by atoms with Crippen LogP contribution >= 0.6 is 11.3 Å². The fraction of sp³-hybridized carbons (Fsp3) is 0.200. The van der Waals surface area contributed by atoms with Crippen molar-refractivity contribution in [3.05, 3.63) is 34.9 Å². The van der Waals surface area contributed by atoms with Gasteiger partial charge in [-0.3, -0.25) is 4.98 Å². The molecular weight excluding hydrogens is 194 g/mol. The van der Waals surface area contributed by atoms with Crippen molar-refractivity contribution >= 4 is 11.3 Å². The standard InChI is InChI=1S/C10H11N3S/c11-3-1-9-5-8(2-4-12-9)10-6-14-7-13-10/h2,4-7H,1,3,11H2. The van der Waals surface area contributed by atoms with Crippen LogP contribution in [-0.4, -0.2) is 16.5 Å². The van der Waals surface area contributed by atoms with Crippen molar-refractivity contribution in [3.8, 4) is 11.3 Å².